The molecule has 88 valence electrons. The van der Waals surface area contributed by atoms with Crippen LogP contribution in [0.2, 0.25) is 0 Å². The maximum atomic E-state index is 10.3. The van der Waals surface area contributed by atoms with E-state index < -0.39 is 11.4 Å². The van der Waals surface area contributed by atoms with Gasteiger partial charge in [-0.25, -0.2) is 0 Å². The summed E-state index contributed by atoms with van der Waals surface area (Å²) in [5.74, 6) is -0.478. The van der Waals surface area contributed by atoms with E-state index in [1.165, 1.54) is 0 Å². The lowest BCUT2D eigenvalue weighted by molar-refractivity contribution is -0.146. The Morgan fingerprint density at radius 3 is 2.53 bits per heavy atom. The molecule has 15 heavy (non-hydrogen) atoms. The zero-order valence-corrected chi connectivity index (χ0v) is 9.58. The van der Waals surface area contributed by atoms with Crippen LogP contribution in [0.25, 0.3) is 0 Å². The average molecular weight is 215 g/mol. The monoisotopic (exact) mass is 215 g/mol. The van der Waals surface area contributed by atoms with Crippen molar-refractivity contribution in [3.8, 4) is 0 Å². The molecule has 1 atom stereocenters. The highest BCUT2D eigenvalue weighted by molar-refractivity contribution is 4.88. The summed E-state index contributed by atoms with van der Waals surface area (Å²) in [6.07, 6.45) is 2.36. The molecule has 2 saturated heterocycles. The van der Waals surface area contributed by atoms with Crippen molar-refractivity contribution in [1.82, 2.24) is 5.32 Å². The largest absolute Gasteiger partial charge is 0.390 e. The number of ether oxygens (including phenoxy) is 2. The molecule has 0 aromatic carbocycles. The van der Waals surface area contributed by atoms with Crippen molar-refractivity contribution < 1.29 is 14.6 Å². The molecule has 2 fully saturated rings. The van der Waals surface area contributed by atoms with Gasteiger partial charge < -0.3 is 19.9 Å². The Bertz CT molecular complexity index is 224. The van der Waals surface area contributed by atoms with E-state index in [0.717, 1.165) is 25.9 Å². The molecule has 0 saturated carbocycles. The van der Waals surface area contributed by atoms with Crippen molar-refractivity contribution >= 4 is 0 Å². The molecule has 0 spiro atoms. The van der Waals surface area contributed by atoms with Crippen LogP contribution >= 0.6 is 0 Å². The van der Waals surface area contributed by atoms with Crippen LogP contribution in [0.1, 0.15) is 33.1 Å². The van der Waals surface area contributed by atoms with Gasteiger partial charge in [-0.3, -0.25) is 0 Å². The summed E-state index contributed by atoms with van der Waals surface area (Å²) in [6, 6.07) is 0. The minimum absolute atomic E-state index is 0.0445. The van der Waals surface area contributed by atoms with Gasteiger partial charge in [-0.2, -0.15) is 0 Å². The molecule has 0 radical (unpaired) electrons. The molecule has 0 amide bonds. The molecule has 0 bridgehead atoms. The molecule has 2 aliphatic heterocycles. The maximum Gasteiger partial charge on any atom is 0.163 e. The number of aliphatic hydroxyl groups is 1. The van der Waals surface area contributed by atoms with Crippen molar-refractivity contribution in [2.24, 2.45) is 0 Å². The van der Waals surface area contributed by atoms with Crippen LogP contribution < -0.4 is 5.32 Å². The van der Waals surface area contributed by atoms with Crippen LogP contribution in [0.3, 0.4) is 0 Å². The third-order valence-corrected chi connectivity index (χ3v) is 3.21. The van der Waals surface area contributed by atoms with Gasteiger partial charge in [0.2, 0.25) is 0 Å². The highest BCUT2D eigenvalue weighted by atomic mass is 16.7. The predicted octanol–water partition coefficient (Wildman–Crippen LogP) is 0.642. The first-order valence-corrected chi connectivity index (χ1v) is 5.74. The Labute approximate surface area is 90.9 Å². The molecule has 4 nitrogen and oxygen atoms in total. The van der Waals surface area contributed by atoms with E-state index in [2.05, 4.69) is 5.32 Å². The molecular formula is C11H21NO3. The zero-order chi connectivity index (χ0) is 10.9. The molecule has 2 heterocycles. The number of hydrogen-bond acceptors (Lipinski definition) is 4. The molecule has 0 aromatic heterocycles. The van der Waals surface area contributed by atoms with E-state index in [9.17, 15) is 5.11 Å². The number of piperidine rings is 1. The fourth-order valence-electron chi connectivity index (χ4n) is 2.38. The average Bonchev–Trinajstić information content (AvgIpc) is 2.45. The van der Waals surface area contributed by atoms with E-state index in [0.29, 0.717) is 13.0 Å². The first-order valence-electron chi connectivity index (χ1n) is 5.74. The van der Waals surface area contributed by atoms with Crippen molar-refractivity contribution in [1.29, 1.82) is 0 Å². The molecule has 2 rings (SSSR count). The lowest BCUT2D eigenvalue weighted by atomic mass is 9.87. The van der Waals surface area contributed by atoms with Gasteiger partial charge in [0.1, 0.15) is 0 Å². The first kappa shape index (κ1) is 11.3. The van der Waals surface area contributed by atoms with Gasteiger partial charge in [0.05, 0.1) is 18.3 Å². The normalized spacial score (nSPS) is 34.2. The molecule has 1 unspecified atom stereocenters. The lowest BCUT2D eigenvalue weighted by Crippen LogP contribution is -2.44. The van der Waals surface area contributed by atoms with E-state index in [1.807, 2.05) is 13.8 Å². The molecular weight excluding hydrogens is 194 g/mol. The highest BCUT2D eigenvalue weighted by Gasteiger charge is 2.39. The van der Waals surface area contributed by atoms with Crippen LogP contribution in [0.15, 0.2) is 0 Å². The number of nitrogens with one attached hydrogen (secondary N) is 1. The van der Waals surface area contributed by atoms with Crippen LogP contribution in [0.4, 0.5) is 0 Å². The smallest absolute Gasteiger partial charge is 0.163 e. The first-order chi connectivity index (χ1) is 6.99. The zero-order valence-electron chi connectivity index (χ0n) is 9.58. The summed E-state index contributed by atoms with van der Waals surface area (Å²) in [7, 11) is 0. The summed E-state index contributed by atoms with van der Waals surface area (Å²) < 4.78 is 11.2. The van der Waals surface area contributed by atoms with Gasteiger partial charge in [0, 0.05) is 6.42 Å². The van der Waals surface area contributed by atoms with E-state index >= 15 is 0 Å². The van der Waals surface area contributed by atoms with E-state index in [-0.39, 0.29) is 6.10 Å². The van der Waals surface area contributed by atoms with Crippen LogP contribution in [0.5, 0.6) is 0 Å². The molecule has 0 aliphatic carbocycles. The Hall–Kier alpha value is -0.160. The molecule has 4 heteroatoms. The Morgan fingerprint density at radius 1 is 1.33 bits per heavy atom. The predicted molar refractivity (Wildman–Crippen MR) is 56.6 cm³/mol. The molecule has 2 N–H and O–H groups in total. The van der Waals surface area contributed by atoms with Crippen LogP contribution in [0, 0.1) is 0 Å². The third-order valence-electron chi connectivity index (χ3n) is 3.21. The molecule has 2 aliphatic rings. The fourth-order valence-corrected chi connectivity index (χ4v) is 2.38. The minimum Gasteiger partial charge on any atom is -0.390 e. The Kier molecular flexibility index (Phi) is 3.03. The summed E-state index contributed by atoms with van der Waals surface area (Å²) in [6.45, 7) is 6.22. The summed E-state index contributed by atoms with van der Waals surface area (Å²) in [5, 5.41) is 13.6. The summed E-state index contributed by atoms with van der Waals surface area (Å²) in [4.78, 5) is 0. The van der Waals surface area contributed by atoms with Crippen molar-refractivity contribution in [2.45, 2.75) is 50.6 Å². The van der Waals surface area contributed by atoms with Crippen molar-refractivity contribution in [2.75, 3.05) is 19.7 Å². The molecule has 0 aromatic rings. The Balaban J connectivity index is 1.86. The Morgan fingerprint density at radius 2 is 2.00 bits per heavy atom. The second-order valence-electron chi connectivity index (χ2n) is 5.13. The van der Waals surface area contributed by atoms with Crippen molar-refractivity contribution in [3.05, 3.63) is 0 Å². The van der Waals surface area contributed by atoms with Crippen LogP contribution in [-0.4, -0.2) is 42.3 Å². The fraction of sp³-hybridized carbons (Fsp3) is 1.00. The highest BCUT2D eigenvalue weighted by Crippen LogP contribution is 2.31. The summed E-state index contributed by atoms with van der Waals surface area (Å²) >= 11 is 0. The second kappa shape index (κ2) is 4.01. The third kappa shape index (κ3) is 2.91. The standard InChI is InChI=1S/C11H21NO3/c1-10(2)14-8-9(15-10)7-11(13)3-5-12-6-4-11/h9,12-13H,3-8H2,1-2H3. The van der Waals surface area contributed by atoms with Gasteiger partial charge in [-0.15, -0.1) is 0 Å². The van der Waals surface area contributed by atoms with Gasteiger partial charge >= 0.3 is 0 Å². The lowest BCUT2D eigenvalue weighted by Gasteiger charge is -2.34. The number of rotatable bonds is 2. The SMILES string of the molecule is CC1(C)OCC(CC2(O)CCNCC2)O1. The maximum absolute atomic E-state index is 10.3. The van der Waals surface area contributed by atoms with Gasteiger partial charge in [0.15, 0.2) is 5.79 Å². The van der Waals surface area contributed by atoms with E-state index in [1.54, 1.807) is 0 Å². The second-order valence-corrected chi connectivity index (χ2v) is 5.13. The number of hydrogen-bond donors (Lipinski definition) is 2. The van der Waals surface area contributed by atoms with Gasteiger partial charge in [-0.05, 0) is 39.8 Å². The quantitative estimate of drug-likeness (QED) is 0.710. The van der Waals surface area contributed by atoms with Crippen molar-refractivity contribution in [3.63, 3.8) is 0 Å². The van der Waals surface area contributed by atoms with Crippen LogP contribution in [-0.2, 0) is 9.47 Å². The summed E-state index contributed by atoms with van der Waals surface area (Å²) in [5.41, 5.74) is -0.556. The van der Waals surface area contributed by atoms with E-state index in [4.69, 9.17) is 9.47 Å². The van der Waals surface area contributed by atoms with Gasteiger partial charge in [0.25, 0.3) is 0 Å². The topological polar surface area (TPSA) is 50.7 Å². The minimum atomic E-state index is -0.556. The van der Waals surface area contributed by atoms with Gasteiger partial charge in [-0.1, -0.05) is 0 Å².